The zero-order valence-corrected chi connectivity index (χ0v) is 27.2. The third-order valence-electron chi connectivity index (χ3n) is 14.1. The molecule has 5 aliphatic carbocycles. The highest BCUT2D eigenvalue weighted by Crippen LogP contribution is 2.77. The number of amides is 1. The largest absolute Gasteiger partial charge is 0.469 e. The van der Waals surface area contributed by atoms with E-state index in [0.717, 1.165) is 51.4 Å². The van der Waals surface area contributed by atoms with Gasteiger partial charge in [-0.15, -0.1) is 0 Å². The summed E-state index contributed by atoms with van der Waals surface area (Å²) < 4.78 is 15.6. The molecule has 5 aliphatic rings. The summed E-state index contributed by atoms with van der Waals surface area (Å²) in [4.78, 5) is 45.0. The van der Waals surface area contributed by atoms with E-state index in [-0.39, 0.29) is 40.1 Å². The Labute approximate surface area is 247 Å². The molecule has 7 nitrogen and oxygen atoms in total. The fourth-order valence-corrected chi connectivity index (χ4v) is 12.3. The number of allylic oxidation sites excluding steroid dienone is 1. The van der Waals surface area contributed by atoms with Gasteiger partial charge in [-0.3, -0.25) is 14.1 Å². The topological polar surface area (TPSA) is 113 Å². The molecule has 0 heterocycles. The highest BCUT2D eigenvalue weighted by molar-refractivity contribution is 7.46. The fourth-order valence-electron chi connectivity index (χ4n) is 12.0. The molecule has 0 aromatic rings. The molecule has 5 saturated carbocycles. The maximum atomic E-state index is 14.0. The van der Waals surface area contributed by atoms with E-state index in [2.05, 4.69) is 58.0 Å². The first kappa shape index (κ1) is 31.4. The van der Waals surface area contributed by atoms with Gasteiger partial charge in [0.15, 0.2) is 0 Å². The average Bonchev–Trinajstić information content (AvgIpc) is 3.27. The second-order valence-corrected chi connectivity index (χ2v) is 17.2. The molecule has 41 heavy (non-hydrogen) atoms. The number of Topliss-reactive ketones (excluding diaryl/α,β-unsaturated/α-hetero) is 1. The number of hydrogen-bond acceptors (Lipinski definition) is 4. The van der Waals surface area contributed by atoms with Crippen LogP contribution >= 0.6 is 7.82 Å². The van der Waals surface area contributed by atoms with Gasteiger partial charge in [0.2, 0.25) is 5.91 Å². The number of phosphoric acid groups is 1. The van der Waals surface area contributed by atoms with Crippen LogP contribution in [0.1, 0.15) is 112 Å². The monoisotopic (exact) mass is 591 g/mol. The van der Waals surface area contributed by atoms with Crippen LogP contribution in [-0.4, -0.2) is 34.6 Å². The van der Waals surface area contributed by atoms with Crippen molar-refractivity contribution in [1.82, 2.24) is 5.32 Å². The number of carbonyl (C=O) groups is 2. The summed E-state index contributed by atoms with van der Waals surface area (Å²) in [7, 11) is -4.50. The van der Waals surface area contributed by atoms with Crippen LogP contribution in [0.25, 0.3) is 0 Å². The lowest BCUT2D eigenvalue weighted by molar-refractivity contribution is -0.233. The quantitative estimate of drug-likeness (QED) is 0.170. The Hall–Kier alpha value is -1.01. The van der Waals surface area contributed by atoms with E-state index in [1.807, 2.05) is 0 Å². The summed E-state index contributed by atoms with van der Waals surface area (Å²) in [6.07, 6.45) is 10.4. The van der Waals surface area contributed by atoms with Crippen molar-refractivity contribution in [2.24, 2.45) is 56.7 Å². The van der Waals surface area contributed by atoms with Gasteiger partial charge in [0, 0.05) is 18.4 Å². The lowest BCUT2D eigenvalue weighted by atomic mass is 9.32. The van der Waals surface area contributed by atoms with Crippen molar-refractivity contribution in [3.05, 3.63) is 12.2 Å². The van der Waals surface area contributed by atoms with Crippen LogP contribution < -0.4 is 5.32 Å². The maximum absolute atomic E-state index is 14.0. The van der Waals surface area contributed by atoms with Crippen LogP contribution in [-0.2, 0) is 18.7 Å². The molecule has 9 atom stereocenters. The molecule has 0 aromatic heterocycles. The van der Waals surface area contributed by atoms with Gasteiger partial charge in [-0.05, 0) is 117 Å². The number of hydrogen-bond donors (Lipinski definition) is 3. The predicted octanol–water partition coefficient (Wildman–Crippen LogP) is 6.83. The van der Waals surface area contributed by atoms with Crippen molar-refractivity contribution in [2.45, 2.75) is 112 Å². The lowest BCUT2D eigenvalue weighted by Gasteiger charge is -2.72. The van der Waals surface area contributed by atoms with Gasteiger partial charge in [0.25, 0.3) is 0 Å². The number of nitrogens with one attached hydrogen (secondary N) is 1. The van der Waals surface area contributed by atoms with Crippen LogP contribution in [0.5, 0.6) is 0 Å². The van der Waals surface area contributed by atoms with Crippen LogP contribution in [0.15, 0.2) is 12.2 Å². The Morgan fingerprint density at radius 2 is 1.68 bits per heavy atom. The molecule has 0 bridgehead atoms. The summed E-state index contributed by atoms with van der Waals surface area (Å²) in [5.74, 6) is 2.62. The van der Waals surface area contributed by atoms with Crippen molar-refractivity contribution in [2.75, 3.05) is 13.2 Å². The van der Waals surface area contributed by atoms with Gasteiger partial charge in [-0.1, -0.05) is 46.8 Å². The van der Waals surface area contributed by atoms with Gasteiger partial charge in [-0.25, -0.2) is 4.57 Å². The molecule has 0 radical (unpaired) electrons. The first-order chi connectivity index (χ1) is 18.9. The first-order valence-electron chi connectivity index (χ1n) is 16.1. The molecule has 5 rings (SSSR count). The lowest BCUT2D eigenvalue weighted by Crippen LogP contribution is -2.67. The predicted molar refractivity (Wildman–Crippen MR) is 160 cm³/mol. The number of phosphoric ester groups is 1. The molecular formula is C33H54NO6P. The van der Waals surface area contributed by atoms with Gasteiger partial charge < -0.3 is 15.1 Å². The molecule has 1 amide bonds. The Kier molecular flexibility index (Phi) is 7.88. The third kappa shape index (κ3) is 4.66. The first-order valence-corrected chi connectivity index (χ1v) is 17.6. The summed E-state index contributed by atoms with van der Waals surface area (Å²) in [6, 6.07) is 0. The van der Waals surface area contributed by atoms with Crippen LogP contribution in [0.4, 0.5) is 0 Å². The number of carbonyl (C=O) groups excluding carboxylic acids is 2. The Balaban J connectivity index is 1.42. The van der Waals surface area contributed by atoms with E-state index in [9.17, 15) is 14.2 Å². The van der Waals surface area contributed by atoms with E-state index >= 15 is 0 Å². The van der Waals surface area contributed by atoms with Crippen LogP contribution in [0.2, 0.25) is 0 Å². The Bertz CT molecular complexity index is 1150. The minimum absolute atomic E-state index is 0.0853. The molecule has 232 valence electrons. The van der Waals surface area contributed by atoms with Crippen molar-refractivity contribution in [3.8, 4) is 0 Å². The maximum Gasteiger partial charge on any atom is 0.469 e. The van der Waals surface area contributed by atoms with Gasteiger partial charge >= 0.3 is 7.82 Å². The standard InChI is InChI=1S/C33H54NO6P/c1-21(2)22-11-16-33(28(36)34-19-8-20-40-41(37,38)39)18-17-31(6)23(27(22)33)9-10-25-30(5)14-13-26(35)29(3,4)24(30)12-15-32(25,31)7/h22-25,27H,1,8-20H2,2-7H3,(H,34,36)(H2,37,38,39)/t22-,23+,24-,25+,27+,30-,31+,32+,33-/m0/s1. The molecule has 0 unspecified atom stereocenters. The van der Waals surface area contributed by atoms with Crippen molar-refractivity contribution in [3.63, 3.8) is 0 Å². The number of ketones is 1. The molecule has 5 fully saturated rings. The smallest absolute Gasteiger partial charge is 0.356 e. The van der Waals surface area contributed by atoms with Crippen LogP contribution in [0, 0.1) is 56.7 Å². The molecule has 8 heteroatoms. The minimum atomic E-state index is -4.50. The molecule has 0 saturated heterocycles. The number of fused-ring (bicyclic) bond motifs is 7. The third-order valence-corrected chi connectivity index (χ3v) is 14.7. The minimum Gasteiger partial charge on any atom is -0.356 e. The zero-order valence-electron chi connectivity index (χ0n) is 26.3. The average molecular weight is 592 g/mol. The van der Waals surface area contributed by atoms with Crippen molar-refractivity contribution < 1.29 is 28.5 Å². The van der Waals surface area contributed by atoms with Crippen LogP contribution in [0.3, 0.4) is 0 Å². The summed E-state index contributed by atoms with van der Waals surface area (Å²) in [5.41, 5.74) is 0.990. The summed E-state index contributed by atoms with van der Waals surface area (Å²) in [5, 5.41) is 3.16. The highest BCUT2D eigenvalue weighted by atomic mass is 31.2. The van der Waals surface area contributed by atoms with Gasteiger partial charge in [-0.2, -0.15) is 0 Å². The Morgan fingerprint density at radius 3 is 2.34 bits per heavy atom. The van der Waals surface area contributed by atoms with E-state index in [1.165, 1.54) is 12.0 Å². The fraction of sp³-hybridized carbons (Fsp3) is 0.879. The van der Waals surface area contributed by atoms with E-state index in [1.54, 1.807) is 0 Å². The number of rotatable bonds is 7. The molecule has 0 spiro atoms. The second kappa shape index (κ2) is 10.3. The van der Waals surface area contributed by atoms with Crippen molar-refractivity contribution in [1.29, 1.82) is 0 Å². The summed E-state index contributed by atoms with van der Waals surface area (Å²) >= 11 is 0. The molecule has 0 aromatic carbocycles. The highest BCUT2D eigenvalue weighted by Gasteiger charge is 2.71. The van der Waals surface area contributed by atoms with Gasteiger partial charge in [0.05, 0.1) is 12.0 Å². The summed E-state index contributed by atoms with van der Waals surface area (Å²) in [6.45, 7) is 18.9. The second-order valence-electron chi connectivity index (χ2n) is 15.9. The molecule has 3 N–H and O–H groups in total. The molecular weight excluding hydrogens is 537 g/mol. The van der Waals surface area contributed by atoms with E-state index in [4.69, 9.17) is 9.79 Å². The van der Waals surface area contributed by atoms with E-state index in [0.29, 0.717) is 48.8 Å². The SMILES string of the molecule is C=C(C)[C@@H]1CC[C@]2(C(=O)NCCCOP(=O)(O)O)CC[C@]3(C)[C@H](CC[C@@H]4[C@@]5(C)CCC(=O)C(C)(C)[C@@H]5CC[C@]43C)[C@@H]12. The van der Waals surface area contributed by atoms with Gasteiger partial charge in [0.1, 0.15) is 5.78 Å². The zero-order chi connectivity index (χ0) is 30.2. The van der Waals surface area contributed by atoms with E-state index < -0.39 is 13.2 Å². The van der Waals surface area contributed by atoms with Crippen molar-refractivity contribution >= 4 is 19.5 Å². The normalized spacial score (nSPS) is 45.2. The molecule has 0 aliphatic heterocycles. The Morgan fingerprint density at radius 1 is 0.976 bits per heavy atom.